The largest absolute Gasteiger partial charge is 0.301 e. The van der Waals surface area contributed by atoms with Crippen molar-refractivity contribution >= 4 is 0 Å². The van der Waals surface area contributed by atoms with Crippen LogP contribution >= 0.6 is 0 Å². The van der Waals surface area contributed by atoms with Gasteiger partial charge in [-0.2, -0.15) is 0 Å². The van der Waals surface area contributed by atoms with Crippen molar-refractivity contribution in [1.29, 1.82) is 0 Å². The minimum Gasteiger partial charge on any atom is -0.301 e. The SMILES string of the molecule is CCCc1ccc(CC2CCC2N(CC)CC)cc1CC. The van der Waals surface area contributed by atoms with Gasteiger partial charge in [-0.05, 0) is 67.8 Å². The highest BCUT2D eigenvalue weighted by molar-refractivity contribution is 5.33. The molecule has 1 fully saturated rings. The first-order valence-corrected chi connectivity index (χ1v) is 9.08. The Morgan fingerprint density at radius 1 is 1.00 bits per heavy atom. The molecule has 118 valence electrons. The van der Waals surface area contributed by atoms with Crippen molar-refractivity contribution in [3.63, 3.8) is 0 Å². The van der Waals surface area contributed by atoms with E-state index >= 15 is 0 Å². The molecule has 2 rings (SSSR count). The molecule has 1 aliphatic carbocycles. The zero-order chi connectivity index (χ0) is 15.2. The summed E-state index contributed by atoms with van der Waals surface area (Å²) in [6.45, 7) is 11.6. The molecule has 1 aromatic carbocycles. The van der Waals surface area contributed by atoms with Gasteiger partial charge in [0.2, 0.25) is 0 Å². The molecule has 2 atom stereocenters. The van der Waals surface area contributed by atoms with E-state index in [1.807, 2.05) is 0 Å². The molecule has 1 nitrogen and oxygen atoms in total. The van der Waals surface area contributed by atoms with Crippen molar-refractivity contribution in [3.8, 4) is 0 Å². The number of benzene rings is 1. The Morgan fingerprint density at radius 2 is 1.76 bits per heavy atom. The lowest BCUT2D eigenvalue weighted by molar-refractivity contribution is 0.0710. The molecule has 0 aromatic heterocycles. The maximum atomic E-state index is 2.65. The Hall–Kier alpha value is -0.820. The minimum absolute atomic E-state index is 0.834. The molecular weight excluding hydrogens is 254 g/mol. The van der Waals surface area contributed by atoms with Gasteiger partial charge < -0.3 is 4.90 Å². The molecule has 0 radical (unpaired) electrons. The topological polar surface area (TPSA) is 3.24 Å². The van der Waals surface area contributed by atoms with Gasteiger partial charge in [-0.15, -0.1) is 0 Å². The zero-order valence-corrected chi connectivity index (χ0v) is 14.5. The molecule has 0 bridgehead atoms. The van der Waals surface area contributed by atoms with Gasteiger partial charge in [0.05, 0.1) is 0 Å². The summed E-state index contributed by atoms with van der Waals surface area (Å²) in [5, 5.41) is 0. The Bertz CT molecular complexity index is 433. The molecule has 1 heteroatoms. The Labute approximate surface area is 131 Å². The summed E-state index contributed by atoms with van der Waals surface area (Å²) >= 11 is 0. The fourth-order valence-electron chi connectivity index (χ4n) is 3.91. The summed E-state index contributed by atoms with van der Waals surface area (Å²) in [5.74, 6) is 0.881. The molecule has 0 saturated heterocycles. The number of nitrogens with zero attached hydrogens (tertiary/aromatic N) is 1. The van der Waals surface area contributed by atoms with Crippen LogP contribution in [0.4, 0.5) is 0 Å². The van der Waals surface area contributed by atoms with Gasteiger partial charge in [-0.25, -0.2) is 0 Å². The zero-order valence-electron chi connectivity index (χ0n) is 14.5. The van der Waals surface area contributed by atoms with Crippen LogP contribution < -0.4 is 0 Å². The quantitative estimate of drug-likeness (QED) is 0.659. The molecule has 1 aromatic rings. The summed E-state index contributed by atoms with van der Waals surface area (Å²) in [5.41, 5.74) is 4.71. The summed E-state index contributed by atoms with van der Waals surface area (Å²) in [4.78, 5) is 2.65. The summed E-state index contributed by atoms with van der Waals surface area (Å²) < 4.78 is 0. The summed E-state index contributed by atoms with van der Waals surface area (Å²) in [6, 6.07) is 8.10. The summed E-state index contributed by atoms with van der Waals surface area (Å²) in [7, 11) is 0. The van der Waals surface area contributed by atoms with Gasteiger partial charge in [0.15, 0.2) is 0 Å². The van der Waals surface area contributed by atoms with Crippen LogP contribution in [-0.2, 0) is 19.3 Å². The van der Waals surface area contributed by atoms with Crippen LogP contribution in [0, 0.1) is 5.92 Å². The van der Waals surface area contributed by atoms with Crippen LogP contribution in [0.15, 0.2) is 18.2 Å². The fraction of sp³-hybridized carbons (Fsp3) is 0.700. The third-order valence-corrected chi connectivity index (χ3v) is 5.33. The van der Waals surface area contributed by atoms with E-state index in [9.17, 15) is 0 Å². The van der Waals surface area contributed by atoms with Crippen LogP contribution in [0.25, 0.3) is 0 Å². The van der Waals surface area contributed by atoms with E-state index in [-0.39, 0.29) is 0 Å². The predicted molar refractivity (Wildman–Crippen MR) is 93.0 cm³/mol. The van der Waals surface area contributed by atoms with E-state index in [1.54, 1.807) is 16.7 Å². The molecule has 2 unspecified atom stereocenters. The van der Waals surface area contributed by atoms with Gasteiger partial charge in [0.25, 0.3) is 0 Å². The lowest BCUT2D eigenvalue weighted by atomic mass is 9.74. The third kappa shape index (κ3) is 3.88. The van der Waals surface area contributed by atoms with Gasteiger partial charge in [0, 0.05) is 6.04 Å². The molecule has 1 saturated carbocycles. The van der Waals surface area contributed by atoms with Crippen LogP contribution in [-0.4, -0.2) is 24.0 Å². The molecule has 0 heterocycles. The number of hydrogen-bond donors (Lipinski definition) is 0. The van der Waals surface area contributed by atoms with E-state index in [0.29, 0.717) is 0 Å². The first-order chi connectivity index (χ1) is 10.2. The molecule has 21 heavy (non-hydrogen) atoms. The van der Waals surface area contributed by atoms with Crippen molar-refractivity contribution in [3.05, 3.63) is 34.9 Å². The second-order valence-electron chi connectivity index (χ2n) is 6.54. The number of rotatable bonds is 8. The van der Waals surface area contributed by atoms with Crippen molar-refractivity contribution in [2.24, 2.45) is 5.92 Å². The highest BCUT2D eigenvalue weighted by Gasteiger charge is 2.34. The molecule has 0 aliphatic heterocycles. The lowest BCUT2D eigenvalue weighted by Crippen LogP contribution is -2.47. The van der Waals surface area contributed by atoms with E-state index < -0.39 is 0 Å². The fourth-order valence-corrected chi connectivity index (χ4v) is 3.91. The highest BCUT2D eigenvalue weighted by atomic mass is 15.2. The van der Waals surface area contributed by atoms with Crippen LogP contribution in [0.3, 0.4) is 0 Å². The van der Waals surface area contributed by atoms with Crippen LogP contribution in [0.5, 0.6) is 0 Å². The standard InChI is InChI=1S/C20H33N/c1-5-9-18-11-10-16(14-17(18)6-2)15-19-12-13-20(19)21(7-3)8-4/h10-11,14,19-20H,5-9,12-13,15H2,1-4H3. The Balaban J connectivity index is 2.03. The predicted octanol–water partition coefficient (Wildman–Crippen LogP) is 4.86. The maximum Gasteiger partial charge on any atom is 0.0127 e. The Morgan fingerprint density at radius 3 is 2.29 bits per heavy atom. The second kappa shape index (κ2) is 7.98. The van der Waals surface area contributed by atoms with Crippen LogP contribution in [0.2, 0.25) is 0 Å². The van der Waals surface area contributed by atoms with Crippen LogP contribution in [0.1, 0.15) is 63.6 Å². The van der Waals surface area contributed by atoms with Crippen molar-refractivity contribution in [2.75, 3.05) is 13.1 Å². The van der Waals surface area contributed by atoms with Crippen molar-refractivity contribution in [1.82, 2.24) is 4.90 Å². The second-order valence-corrected chi connectivity index (χ2v) is 6.54. The average Bonchev–Trinajstić information content (AvgIpc) is 2.50. The van der Waals surface area contributed by atoms with Crippen molar-refractivity contribution < 1.29 is 0 Å². The smallest absolute Gasteiger partial charge is 0.0127 e. The third-order valence-electron chi connectivity index (χ3n) is 5.33. The van der Waals surface area contributed by atoms with Crippen molar-refractivity contribution in [2.45, 2.75) is 72.3 Å². The van der Waals surface area contributed by atoms with E-state index in [0.717, 1.165) is 12.0 Å². The average molecular weight is 287 g/mol. The van der Waals surface area contributed by atoms with E-state index in [1.165, 1.54) is 51.6 Å². The number of hydrogen-bond acceptors (Lipinski definition) is 1. The highest BCUT2D eigenvalue weighted by Crippen LogP contribution is 2.35. The summed E-state index contributed by atoms with van der Waals surface area (Å²) in [6.07, 6.45) is 7.75. The van der Waals surface area contributed by atoms with Gasteiger partial charge in [0.1, 0.15) is 0 Å². The van der Waals surface area contributed by atoms with E-state index in [4.69, 9.17) is 0 Å². The molecule has 0 amide bonds. The maximum absolute atomic E-state index is 2.65. The minimum atomic E-state index is 0.834. The molecule has 0 spiro atoms. The molecule has 1 aliphatic rings. The lowest BCUT2D eigenvalue weighted by Gasteiger charge is -2.44. The Kier molecular flexibility index (Phi) is 6.29. The first kappa shape index (κ1) is 16.5. The number of aryl methyl sites for hydroxylation is 2. The van der Waals surface area contributed by atoms with Gasteiger partial charge >= 0.3 is 0 Å². The molecular formula is C20H33N. The van der Waals surface area contributed by atoms with Gasteiger partial charge in [-0.3, -0.25) is 0 Å². The van der Waals surface area contributed by atoms with E-state index in [2.05, 4.69) is 50.8 Å². The van der Waals surface area contributed by atoms with Gasteiger partial charge in [-0.1, -0.05) is 52.3 Å². The first-order valence-electron chi connectivity index (χ1n) is 9.08. The molecule has 0 N–H and O–H groups in total. The monoisotopic (exact) mass is 287 g/mol. The normalized spacial score (nSPS) is 21.6.